The number of pyridine rings is 1. The number of rotatable bonds is 5. The molecule has 5 rings (SSSR count). The van der Waals surface area contributed by atoms with Gasteiger partial charge in [-0.1, -0.05) is 23.4 Å². The third-order valence-electron chi connectivity index (χ3n) is 6.09. The van der Waals surface area contributed by atoms with Crippen LogP contribution in [0.5, 0.6) is 0 Å². The van der Waals surface area contributed by atoms with E-state index in [4.69, 9.17) is 9.26 Å². The van der Waals surface area contributed by atoms with E-state index in [1.165, 1.54) is 6.20 Å². The van der Waals surface area contributed by atoms with Crippen molar-refractivity contribution in [2.24, 2.45) is 0 Å². The molecule has 1 aromatic carbocycles. The second-order valence-corrected chi connectivity index (χ2v) is 10.4. The van der Waals surface area contributed by atoms with Gasteiger partial charge in [-0.2, -0.15) is 4.98 Å². The first-order valence-electron chi connectivity index (χ1n) is 11.9. The van der Waals surface area contributed by atoms with E-state index in [0.717, 1.165) is 5.56 Å². The lowest BCUT2D eigenvalue weighted by atomic mass is 9.73. The second-order valence-electron chi connectivity index (χ2n) is 10.4. The number of imidazole rings is 1. The normalized spacial score (nSPS) is 16.1. The number of aryl methyl sites for hydroxylation is 1. The third kappa shape index (κ3) is 4.93. The van der Waals surface area contributed by atoms with E-state index in [-0.39, 0.29) is 17.6 Å². The number of alkyl halides is 2. The molecule has 1 aliphatic rings. The highest BCUT2D eigenvalue weighted by Gasteiger charge is 2.62. The summed E-state index contributed by atoms with van der Waals surface area (Å²) in [4.78, 5) is 33.9. The molecule has 1 aliphatic carbocycles. The monoisotopic (exact) mass is 524 g/mol. The predicted octanol–water partition coefficient (Wildman–Crippen LogP) is 5.09. The summed E-state index contributed by atoms with van der Waals surface area (Å²) in [6.45, 7) is 6.83. The topological polar surface area (TPSA) is 124 Å². The van der Waals surface area contributed by atoms with Crippen molar-refractivity contribution in [1.29, 1.82) is 0 Å². The lowest BCUT2D eigenvalue weighted by Crippen LogP contribution is -2.60. The molecule has 10 nitrogen and oxygen atoms in total. The van der Waals surface area contributed by atoms with Gasteiger partial charge in [-0.25, -0.2) is 18.6 Å². The molecule has 0 unspecified atom stereocenters. The minimum absolute atomic E-state index is 0.117. The number of hydrogen-bond acceptors (Lipinski definition) is 7. The van der Waals surface area contributed by atoms with Crippen LogP contribution in [0.2, 0.25) is 0 Å². The van der Waals surface area contributed by atoms with E-state index >= 15 is 0 Å². The van der Waals surface area contributed by atoms with Crippen LogP contribution < -0.4 is 10.6 Å². The average molecular weight is 525 g/mol. The number of anilines is 1. The minimum Gasteiger partial charge on any atom is -0.444 e. The fourth-order valence-corrected chi connectivity index (χ4v) is 4.34. The Kier molecular flexibility index (Phi) is 5.92. The van der Waals surface area contributed by atoms with Crippen molar-refractivity contribution in [3.63, 3.8) is 0 Å². The molecule has 0 saturated heterocycles. The van der Waals surface area contributed by atoms with Crippen LogP contribution in [0.4, 0.5) is 19.3 Å². The van der Waals surface area contributed by atoms with Crippen LogP contribution in [0.3, 0.4) is 0 Å². The molecule has 198 valence electrons. The van der Waals surface area contributed by atoms with Crippen molar-refractivity contribution in [3.8, 4) is 11.4 Å². The molecular weight excluding hydrogens is 498 g/mol. The number of carbonyl (C=O) groups is 2. The van der Waals surface area contributed by atoms with Crippen molar-refractivity contribution in [3.05, 3.63) is 65.9 Å². The van der Waals surface area contributed by atoms with E-state index in [9.17, 15) is 18.4 Å². The number of fused-ring (bicyclic) bond motifs is 1. The Bertz CT molecular complexity index is 1530. The Labute approximate surface area is 216 Å². The zero-order valence-electron chi connectivity index (χ0n) is 21.2. The highest BCUT2D eigenvalue weighted by Crippen LogP contribution is 2.51. The first kappa shape index (κ1) is 25.3. The van der Waals surface area contributed by atoms with Crippen LogP contribution in [-0.4, -0.2) is 43.0 Å². The fraction of sp³-hybridized carbons (Fsp3) is 0.346. The summed E-state index contributed by atoms with van der Waals surface area (Å²) in [5, 5.41) is 9.33. The summed E-state index contributed by atoms with van der Waals surface area (Å²) in [5.74, 6) is -3.40. The molecule has 2 N–H and O–H groups in total. The molecule has 1 fully saturated rings. The summed E-state index contributed by atoms with van der Waals surface area (Å²) in [5.41, 5.74) is 0.386. The molecule has 0 bridgehead atoms. The molecule has 3 aromatic heterocycles. The molecule has 4 aromatic rings. The number of ether oxygens (including phenoxy) is 1. The summed E-state index contributed by atoms with van der Waals surface area (Å²) in [6, 6.07) is 10.6. The molecular formula is C26H26F2N6O4. The molecule has 38 heavy (non-hydrogen) atoms. The zero-order valence-corrected chi connectivity index (χ0v) is 21.2. The Morgan fingerprint density at radius 1 is 1.16 bits per heavy atom. The summed E-state index contributed by atoms with van der Waals surface area (Å²) < 4.78 is 40.1. The molecule has 3 heterocycles. The van der Waals surface area contributed by atoms with Gasteiger partial charge in [0.2, 0.25) is 5.82 Å². The summed E-state index contributed by atoms with van der Waals surface area (Å²) in [6.07, 6.45) is 0.971. The Morgan fingerprint density at radius 2 is 1.92 bits per heavy atom. The molecule has 0 spiro atoms. The lowest BCUT2D eigenvalue weighted by Gasteiger charge is -2.44. The average Bonchev–Trinajstić information content (AvgIpc) is 3.46. The molecule has 0 atom stereocenters. The van der Waals surface area contributed by atoms with Gasteiger partial charge in [-0.15, -0.1) is 0 Å². The number of carbonyl (C=O) groups excluding carboxylic acids is 2. The third-order valence-corrected chi connectivity index (χ3v) is 6.09. The smallest absolute Gasteiger partial charge is 0.408 e. The van der Waals surface area contributed by atoms with E-state index in [0.29, 0.717) is 22.6 Å². The molecule has 12 heteroatoms. The maximum Gasteiger partial charge on any atom is 0.408 e. The standard InChI is InChI=1S/C26H26F2N6O4/c1-15-8-9-16(11-17(15)30-21(35)18-12-29-19-7-5-6-10-34(18)19)20-31-22(38-33-20)25(13-26(27,28)14-25)32-23(36)37-24(2,3)4/h5-12H,13-14H2,1-4H3,(H,30,35)(H,32,36). The predicted molar refractivity (Wildman–Crippen MR) is 133 cm³/mol. The fourth-order valence-electron chi connectivity index (χ4n) is 4.34. The second kappa shape index (κ2) is 8.89. The van der Waals surface area contributed by atoms with E-state index in [2.05, 4.69) is 25.8 Å². The van der Waals surface area contributed by atoms with Gasteiger partial charge in [-0.05, 0) is 51.5 Å². The number of alkyl carbamates (subject to hydrolysis) is 1. The van der Waals surface area contributed by atoms with Gasteiger partial charge in [0.05, 0.1) is 6.20 Å². The Morgan fingerprint density at radius 3 is 2.63 bits per heavy atom. The Hall–Kier alpha value is -4.35. The van der Waals surface area contributed by atoms with Crippen molar-refractivity contribution >= 4 is 23.3 Å². The van der Waals surface area contributed by atoms with Crippen LogP contribution in [0.15, 0.2) is 53.3 Å². The first-order valence-corrected chi connectivity index (χ1v) is 11.9. The van der Waals surface area contributed by atoms with Crippen molar-refractivity contribution < 1.29 is 27.6 Å². The SMILES string of the molecule is Cc1ccc(-c2noc(C3(NC(=O)OC(C)(C)C)CC(F)(F)C3)n2)cc1NC(=O)c1cnc2ccccn12. The van der Waals surface area contributed by atoms with Crippen LogP contribution in [0.1, 0.15) is 55.6 Å². The maximum atomic E-state index is 13.9. The largest absolute Gasteiger partial charge is 0.444 e. The van der Waals surface area contributed by atoms with Gasteiger partial charge in [0.1, 0.15) is 22.5 Å². The molecule has 1 saturated carbocycles. The van der Waals surface area contributed by atoms with Gasteiger partial charge in [0, 0.05) is 30.3 Å². The quantitative estimate of drug-likeness (QED) is 0.373. The van der Waals surface area contributed by atoms with Gasteiger partial charge < -0.3 is 19.9 Å². The Balaban J connectivity index is 1.39. The van der Waals surface area contributed by atoms with Crippen LogP contribution in [0, 0.1) is 6.92 Å². The van der Waals surface area contributed by atoms with Crippen molar-refractivity contribution in [2.75, 3.05) is 5.32 Å². The molecule has 2 amide bonds. The van der Waals surface area contributed by atoms with Crippen molar-refractivity contribution in [2.45, 2.75) is 57.6 Å². The van der Waals surface area contributed by atoms with Gasteiger partial charge in [0.15, 0.2) is 0 Å². The van der Waals surface area contributed by atoms with Crippen LogP contribution in [0.25, 0.3) is 17.0 Å². The maximum absolute atomic E-state index is 13.9. The summed E-state index contributed by atoms with van der Waals surface area (Å²) in [7, 11) is 0. The highest BCUT2D eigenvalue weighted by molar-refractivity contribution is 6.04. The van der Waals surface area contributed by atoms with E-state index < -0.39 is 36.0 Å². The number of benzene rings is 1. The number of amides is 2. The number of nitrogens with zero attached hydrogens (tertiary/aromatic N) is 4. The van der Waals surface area contributed by atoms with Gasteiger partial charge in [0.25, 0.3) is 17.7 Å². The highest BCUT2D eigenvalue weighted by atomic mass is 19.3. The molecule has 0 aliphatic heterocycles. The first-order chi connectivity index (χ1) is 17.8. The zero-order chi connectivity index (χ0) is 27.3. The summed E-state index contributed by atoms with van der Waals surface area (Å²) >= 11 is 0. The van der Waals surface area contributed by atoms with Crippen LogP contribution >= 0.6 is 0 Å². The van der Waals surface area contributed by atoms with Crippen molar-refractivity contribution in [1.82, 2.24) is 24.8 Å². The number of hydrogen-bond donors (Lipinski definition) is 2. The van der Waals surface area contributed by atoms with Gasteiger partial charge >= 0.3 is 6.09 Å². The number of aromatic nitrogens is 4. The van der Waals surface area contributed by atoms with Gasteiger partial charge in [-0.3, -0.25) is 9.20 Å². The van der Waals surface area contributed by atoms with E-state index in [1.807, 2.05) is 13.0 Å². The van der Waals surface area contributed by atoms with Crippen LogP contribution in [-0.2, 0) is 10.3 Å². The lowest BCUT2D eigenvalue weighted by molar-refractivity contribution is -0.144. The minimum atomic E-state index is -3.00. The molecule has 0 radical (unpaired) electrons. The number of halogens is 2. The van der Waals surface area contributed by atoms with E-state index in [1.54, 1.807) is 61.7 Å². The number of nitrogens with one attached hydrogen (secondary N) is 2.